The predicted molar refractivity (Wildman–Crippen MR) is 102 cm³/mol. The zero-order valence-electron chi connectivity index (χ0n) is 15.8. The molecular weight excluding hydrogens is 298 g/mol. The summed E-state index contributed by atoms with van der Waals surface area (Å²) in [5.74, 6) is 1.02. The summed E-state index contributed by atoms with van der Waals surface area (Å²) in [5, 5.41) is 3.44. The molecule has 1 unspecified atom stereocenters. The van der Waals surface area contributed by atoms with Crippen LogP contribution < -0.4 is 5.32 Å². The molecule has 1 atom stereocenters. The Balaban J connectivity index is 1.93. The van der Waals surface area contributed by atoms with E-state index in [1.165, 1.54) is 30.5 Å². The summed E-state index contributed by atoms with van der Waals surface area (Å²) >= 11 is 0. The van der Waals surface area contributed by atoms with Gasteiger partial charge in [0.05, 0.1) is 0 Å². The van der Waals surface area contributed by atoms with Crippen LogP contribution in [0.2, 0.25) is 0 Å². The highest BCUT2D eigenvalue weighted by Gasteiger charge is 2.24. The van der Waals surface area contributed by atoms with Crippen molar-refractivity contribution in [2.75, 3.05) is 39.8 Å². The lowest BCUT2D eigenvalue weighted by Crippen LogP contribution is -2.46. The number of likely N-dealkylation sites (N-methyl/N-ethyl adjacent to an activating group) is 2. The second-order valence-corrected chi connectivity index (χ2v) is 6.59. The molecule has 2 rings (SSSR count). The molecule has 5 nitrogen and oxygen atoms in total. The first-order chi connectivity index (χ1) is 11.7. The van der Waals surface area contributed by atoms with Gasteiger partial charge in [-0.3, -0.25) is 14.9 Å². The molecule has 0 amide bonds. The predicted octanol–water partition coefficient (Wildman–Crippen LogP) is 2.31. The second kappa shape index (κ2) is 9.62. The third kappa shape index (κ3) is 5.20. The fourth-order valence-electron chi connectivity index (χ4n) is 3.46. The minimum atomic E-state index is 0.659. The lowest BCUT2D eigenvalue weighted by atomic mass is 10.1. The van der Waals surface area contributed by atoms with Gasteiger partial charge < -0.3 is 10.2 Å². The van der Waals surface area contributed by atoms with E-state index >= 15 is 0 Å². The lowest BCUT2D eigenvalue weighted by Gasteiger charge is -2.29. The monoisotopic (exact) mass is 331 g/mol. The minimum absolute atomic E-state index is 0.659. The molecule has 0 aliphatic carbocycles. The molecule has 2 heterocycles. The molecule has 1 aliphatic heterocycles. The molecule has 1 aromatic rings. The maximum Gasteiger partial charge on any atom is 0.193 e. The van der Waals surface area contributed by atoms with Gasteiger partial charge in [0.15, 0.2) is 5.96 Å². The van der Waals surface area contributed by atoms with Crippen LogP contribution in [-0.2, 0) is 6.42 Å². The number of pyridine rings is 1. The minimum Gasteiger partial charge on any atom is -0.357 e. The molecule has 0 aromatic carbocycles. The highest BCUT2D eigenvalue weighted by molar-refractivity contribution is 5.79. The van der Waals surface area contributed by atoms with Crippen LogP contribution in [0, 0.1) is 6.92 Å². The zero-order valence-corrected chi connectivity index (χ0v) is 15.8. The Morgan fingerprint density at radius 1 is 1.46 bits per heavy atom. The summed E-state index contributed by atoms with van der Waals surface area (Å²) in [6.45, 7) is 11.6. The van der Waals surface area contributed by atoms with Crippen molar-refractivity contribution in [2.24, 2.45) is 4.99 Å². The van der Waals surface area contributed by atoms with E-state index in [2.05, 4.69) is 54.0 Å². The average molecular weight is 332 g/mol. The van der Waals surface area contributed by atoms with Gasteiger partial charge in [-0.2, -0.15) is 0 Å². The first-order valence-corrected chi connectivity index (χ1v) is 9.28. The van der Waals surface area contributed by atoms with Crippen molar-refractivity contribution in [2.45, 2.75) is 46.1 Å². The van der Waals surface area contributed by atoms with Crippen LogP contribution in [0.15, 0.2) is 23.5 Å². The summed E-state index contributed by atoms with van der Waals surface area (Å²) in [4.78, 5) is 13.9. The molecule has 1 fully saturated rings. The molecule has 1 aliphatic rings. The maximum atomic E-state index is 4.84. The number of nitrogens with one attached hydrogen (secondary N) is 1. The van der Waals surface area contributed by atoms with Crippen molar-refractivity contribution in [3.63, 3.8) is 0 Å². The Labute approximate surface area is 147 Å². The van der Waals surface area contributed by atoms with Gasteiger partial charge in [0.25, 0.3) is 0 Å². The quantitative estimate of drug-likeness (QED) is 0.615. The molecule has 0 saturated carbocycles. The van der Waals surface area contributed by atoms with Crippen molar-refractivity contribution < 1.29 is 0 Å². The van der Waals surface area contributed by atoms with E-state index in [1.807, 2.05) is 12.4 Å². The summed E-state index contributed by atoms with van der Waals surface area (Å²) in [7, 11) is 2.16. The molecule has 0 bridgehead atoms. The van der Waals surface area contributed by atoms with Crippen molar-refractivity contribution in [1.29, 1.82) is 0 Å². The number of guanidine groups is 1. The van der Waals surface area contributed by atoms with E-state index in [4.69, 9.17) is 4.99 Å². The molecular formula is C19H33N5. The highest BCUT2D eigenvalue weighted by Crippen LogP contribution is 2.17. The van der Waals surface area contributed by atoms with Gasteiger partial charge in [0.1, 0.15) is 0 Å². The Kier molecular flexibility index (Phi) is 7.50. The van der Waals surface area contributed by atoms with Crippen LogP contribution in [0.3, 0.4) is 0 Å². The van der Waals surface area contributed by atoms with E-state index in [0.29, 0.717) is 6.04 Å². The van der Waals surface area contributed by atoms with Crippen LogP contribution >= 0.6 is 0 Å². The molecule has 5 heteroatoms. The van der Waals surface area contributed by atoms with Gasteiger partial charge >= 0.3 is 0 Å². The molecule has 1 N–H and O–H groups in total. The van der Waals surface area contributed by atoms with Crippen molar-refractivity contribution >= 4 is 5.96 Å². The fraction of sp³-hybridized carbons (Fsp3) is 0.684. The number of likely N-dealkylation sites (tertiary alicyclic amines) is 1. The highest BCUT2D eigenvalue weighted by atomic mass is 15.3. The van der Waals surface area contributed by atoms with Crippen molar-refractivity contribution in [1.82, 2.24) is 20.1 Å². The summed E-state index contributed by atoms with van der Waals surface area (Å²) in [6, 6.07) is 2.75. The first-order valence-electron chi connectivity index (χ1n) is 9.28. The molecule has 134 valence electrons. The largest absolute Gasteiger partial charge is 0.357 e. The number of aromatic nitrogens is 1. The fourth-order valence-corrected chi connectivity index (χ4v) is 3.46. The van der Waals surface area contributed by atoms with Gasteiger partial charge in [0.2, 0.25) is 0 Å². The molecule has 0 radical (unpaired) electrons. The molecule has 0 spiro atoms. The zero-order chi connectivity index (χ0) is 17.4. The van der Waals surface area contributed by atoms with E-state index in [1.54, 1.807) is 0 Å². The Morgan fingerprint density at radius 3 is 3.00 bits per heavy atom. The third-order valence-electron chi connectivity index (χ3n) is 4.87. The van der Waals surface area contributed by atoms with Crippen LogP contribution in [0.25, 0.3) is 0 Å². The van der Waals surface area contributed by atoms with E-state index in [0.717, 1.165) is 38.6 Å². The van der Waals surface area contributed by atoms with Crippen LogP contribution in [-0.4, -0.2) is 66.6 Å². The Morgan fingerprint density at radius 2 is 2.29 bits per heavy atom. The second-order valence-electron chi connectivity index (χ2n) is 6.59. The number of hydrogen-bond donors (Lipinski definition) is 1. The van der Waals surface area contributed by atoms with Gasteiger partial charge in [-0.15, -0.1) is 0 Å². The van der Waals surface area contributed by atoms with Crippen LogP contribution in [0.4, 0.5) is 0 Å². The van der Waals surface area contributed by atoms with Gasteiger partial charge in [0, 0.05) is 45.1 Å². The standard InChI is InChI=1S/C19H33N5/c1-5-21-19(22-12-10-17-9-11-20-14-16(17)3)23(4)15-18-8-7-13-24(18)6-2/h9,11,14,18H,5-8,10,12-13,15H2,1-4H3,(H,21,22). The molecule has 24 heavy (non-hydrogen) atoms. The topological polar surface area (TPSA) is 43.8 Å². The number of hydrogen-bond acceptors (Lipinski definition) is 3. The number of rotatable bonds is 7. The van der Waals surface area contributed by atoms with Crippen LogP contribution in [0.5, 0.6) is 0 Å². The normalized spacial score (nSPS) is 18.8. The van der Waals surface area contributed by atoms with Crippen molar-refractivity contribution in [3.8, 4) is 0 Å². The summed E-state index contributed by atoms with van der Waals surface area (Å²) < 4.78 is 0. The average Bonchev–Trinajstić information content (AvgIpc) is 3.02. The van der Waals surface area contributed by atoms with E-state index < -0.39 is 0 Å². The number of nitrogens with zero attached hydrogens (tertiary/aromatic N) is 4. The smallest absolute Gasteiger partial charge is 0.193 e. The lowest BCUT2D eigenvalue weighted by molar-refractivity contribution is 0.232. The maximum absolute atomic E-state index is 4.84. The Bertz CT molecular complexity index is 528. The first kappa shape index (κ1) is 18.7. The molecule has 1 aromatic heterocycles. The number of aliphatic imine (C=N–C) groups is 1. The van der Waals surface area contributed by atoms with E-state index in [-0.39, 0.29) is 0 Å². The summed E-state index contributed by atoms with van der Waals surface area (Å²) in [6.07, 6.45) is 7.37. The molecule has 1 saturated heterocycles. The summed E-state index contributed by atoms with van der Waals surface area (Å²) in [5.41, 5.74) is 2.58. The van der Waals surface area contributed by atoms with Gasteiger partial charge in [-0.05, 0) is 63.4 Å². The van der Waals surface area contributed by atoms with Crippen molar-refractivity contribution in [3.05, 3.63) is 29.6 Å². The third-order valence-corrected chi connectivity index (χ3v) is 4.87. The number of aryl methyl sites for hydroxylation is 1. The Hall–Kier alpha value is -1.62. The van der Waals surface area contributed by atoms with Gasteiger partial charge in [-0.1, -0.05) is 6.92 Å². The van der Waals surface area contributed by atoms with Crippen LogP contribution in [0.1, 0.15) is 37.8 Å². The van der Waals surface area contributed by atoms with Gasteiger partial charge in [-0.25, -0.2) is 0 Å². The van der Waals surface area contributed by atoms with E-state index in [9.17, 15) is 0 Å². The SMILES string of the molecule is CCNC(=NCCc1ccncc1C)N(C)CC1CCCN1CC.